The van der Waals surface area contributed by atoms with Crippen LogP contribution in [-0.2, 0) is 6.54 Å². The van der Waals surface area contributed by atoms with Gasteiger partial charge in [-0.2, -0.15) is 0 Å². The van der Waals surface area contributed by atoms with Crippen LogP contribution in [0.4, 0.5) is 0 Å². The van der Waals surface area contributed by atoms with Crippen LogP contribution < -0.4 is 4.90 Å². The molecule has 2 atom stereocenters. The normalized spacial score (nSPS) is 22.9. The fraction of sp³-hybridized carbons (Fsp3) is 0.375. The minimum absolute atomic E-state index is 0.170. The van der Waals surface area contributed by atoms with E-state index in [0.717, 1.165) is 49.6 Å². The highest BCUT2D eigenvalue weighted by Gasteiger charge is 2.22. The van der Waals surface area contributed by atoms with Gasteiger partial charge in [0.15, 0.2) is 5.76 Å². The van der Waals surface area contributed by atoms with E-state index in [-0.39, 0.29) is 6.10 Å². The monoisotopic (exact) mass is 292 g/mol. The van der Waals surface area contributed by atoms with E-state index in [2.05, 4.69) is 0 Å². The highest BCUT2D eigenvalue weighted by atomic mass is 35.5. The number of nitrogens with one attached hydrogen (secondary N) is 1. The highest BCUT2D eigenvalue weighted by Crippen LogP contribution is 2.28. The summed E-state index contributed by atoms with van der Waals surface area (Å²) in [6.45, 7) is 2.73. The van der Waals surface area contributed by atoms with Gasteiger partial charge in [0.25, 0.3) is 0 Å². The first-order chi connectivity index (χ1) is 9.72. The minimum Gasteiger partial charge on any atom is -0.455 e. The lowest BCUT2D eigenvalue weighted by Gasteiger charge is -2.26. The second-order valence-corrected chi connectivity index (χ2v) is 5.83. The lowest BCUT2D eigenvalue weighted by Crippen LogP contribution is -3.12. The molecule has 2 N–H and O–H groups in total. The third-order valence-electron chi connectivity index (χ3n) is 3.82. The first-order valence-electron chi connectivity index (χ1n) is 7.07. The Balaban J connectivity index is 1.72. The molecule has 2 aromatic rings. The molecular formula is C16H19ClNO2+. The van der Waals surface area contributed by atoms with Crippen LogP contribution >= 0.6 is 11.6 Å². The van der Waals surface area contributed by atoms with E-state index in [1.165, 1.54) is 4.90 Å². The molecule has 0 radical (unpaired) electrons. The van der Waals surface area contributed by atoms with Gasteiger partial charge >= 0.3 is 0 Å². The molecule has 1 aromatic carbocycles. The smallest absolute Gasteiger partial charge is 0.158 e. The largest absolute Gasteiger partial charge is 0.455 e. The van der Waals surface area contributed by atoms with Gasteiger partial charge in [-0.05, 0) is 37.1 Å². The number of hydrogen-bond donors (Lipinski definition) is 2. The van der Waals surface area contributed by atoms with Crippen molar-refractivity contribution in [1.82, 2.24) is 0 Å². The van der Waals surface area contributed by atoms with Crippen LogP contribution in [0, 0.1) is 0 Å². The predicted octanol–water partition coefficient (Wildman–Crippen LogP) is 2.14. The Hall–Kier alpha value is -1.29. The number of aliphatic hydroxyl groups excluding tert-OH is 1. The summed E-state index contributed by atoms with van der Waals surface area (Å²) < 4.78 is 5.90. The van der Waals surface area contributed by atoms with Crippen molar-refractivity contribution in [3.05, 3.63) is 47.2 Å². The Morgan fingerprint density at radius 1 is 1.25 bits per heavy atom. The van der Waals surface area contributed by atoms with Gasteiger partial charge in [0.05, 0.1) is 11.6 Å². The number of aliphatic hydroxyl groups is 1. The zero-order valence-electron chi connectivity index (χ0n) is 11.3. The maximum absolute atomic E-state index is 9.71. The number of furan rings is 1. The Bertz CT molecular complexity index is 581. The van der Waals surface area contributed by atoms with Gasteiger partial charge in [0, 0.05) is 5.56 Å². The van der Waals surface area contributed by atoms with Crippen molar-refractivity contribution in [2.45, 2.75) is 25.5 Å². The lowest BCUT2D eigenvalue weighted by molar-refractivity contribution is -0.922. The van der Waals surface area contributed by atoms with Crippen LogP contribution in [-0.4, -0.2) is 24.3 Å². The predicted molar refractivity (Wildman–Crippen MR) is 78.8 cm³/mol. The molecule has 0 aliphatic carbocycles. The molecule has 1 aliphatic heterocycles. The molecule has 0 saturated carbocycles. The summed E-state index contributed by atoms with van der Waals surface area (Å²) in [7, 11) is 0. The molecule has 1 aliphatic rings. The molecule has 1 aromatic heterocycles. The van der Waals surface area contributed by atoms with E-state index in [1.54, 1.807) is 0 Å². The van der Waals surface area contributed by atoms with Crippen molar-refractivity contribution in [3.8, 4) is 11.3 Å². The van der Waals surface area contributed by atoms with E-state index in [0.29, 0.717) is 5.02 Å². The SMILES string of the molecule is O[C@@H]1CCC[NH+](Cc2ccc(-c3ccccc3Cl)o2)C1. The Morgan fingerprint density at radius 3 is 2.90 bits per heavy atom. The Kier molecular flexibility index (Phi) is 4.10. The van der Waals surface area contributed by atoms with Crippen LogP contribution in [0.15, 0.2) is 40.8 Å². The van der Waals surface area contributed by atoms with E-state index in [1.807, 2.05) is 36.4 Å². The van der Waals surface area contributed by atoms with Crippen molar-refractivity contribution < 1.29 is 14.4 Å². The van der Waals surface area contributed by atoms with Crippen LogP contribution in [0.2, 0.25) is 5.02 Å². The van der Waals surface area contributed by atoms with E-state index in [9.17, 15) is 5.11 Å². The second-order valence-electron chi connectivity index (χ2n) is 5.42. The maximum Gasteiger partial charge on any atom is 0.158 e. The first-order valence-corrected chi connectivity index (χ1v) is 7.45. The maximum atomic E-state index is 9.71. The molecule has 3 nitrogen and oxygen atoms in total. The van der Waals surface area contributed by atoms with Crippen molar-refractivity contribution in [3.63, 3.8) is 0 Å². The number of quaternary nitrogens is 1. The summed E-state index contributed by atoms with van der Waals surface area (Å²) in [4.78, 5) is 1.38. The van der Waals surface area contributed by atoms with E-state index < -0.39 is 0 Å². The molecule has 1 fully saturated rings. The van der Waals surface area contributed by atoms with Crippen LogP contribution in [0.25, 0.3) is 11.3 Å². The Morgan fingerprint density at radius 2 is 2.10 bits per heavy atom. The molecular weight excluding hydrogens is 274 g/mol. The van der Waals surface area contributed by atoms with Gasteiger partial charge in [0.1, 0.15) is 25.0 Å². The van der Waals surface area contributed by atoms with Crippen molar-refractivity contribution in [2.24, 2.45) is 0 Å². The molecule has 4 heteroatoms. The minimum atomic E-state index is -0.170. The van der Waals surface area contributed by atoms with Crippen LogP contribution in [0.3, 0.4) is 0 Å². The summed E-state index contributed by atoms with van der Waals surface area (Å²) >= 11 is 6.18. The quantitative estimate of drug-likeness (QED) is 0.910. The first kappa shape index (κ1) is 13.7. The molecule has 2 heterocycles. The number of benzene rings is 1. The number of piperidine rings is 1. The molecule has 0 amide bonds. The summed E-state index contributed by atoms with van der Waals surface area (Å²) in [6, 6.07) is 11.7. The van der Waals surface area contributed by atoms with Gasteiger partial charge in [-0.3, -0.25) is 0 Å². The standard InChI is InChI=1S/C16H18ClNO2/c17-15-6-2-1-5-14(15)16-8-7-13(20-16)11-18-9-3-4-12(19)10-18/h1-2,5-8,12,19H,3-4,9-11H2/p+1/t12-/m1/s1. The summed E-state index contributed by atoms with van der Waals surface area (Å²) in [6.07, 6.45) is 1.83. The molecule has 1 saturated heterocycles. The second kappa shape index (κ2) is 6.00. The van der Waals surface area contributed by atoms with Crippen LogP contribution in [0.5, 0.6) is 0 Å². The van der Waals surface area contributed by atoms with Gasteiger partial charge in [-0.1, -0.05) is 23.7 Å². The van der Waals surface area contributed by atoms with E-state index >= 15 is 0 Å². The van der Waals surface area contributed by atoms with Gasteiger partial charge in [-0.15, -0.1) is 0 Å². The zero-order chi connectivity index (χ0) is 13.9. The molecule has 20 heavy (non-hydrogen) atoms. The lowest BCUT2D eigenvalue weighted by atomic mass is 10.1. The number of rotatable bonds is 3. The highest BCUT2D eigenvalue weighted by molar-refractivity contribution is 6.33. The third-order valence-corrected chi connectivity index (χ3v) is 4.15. The summed E-state index contributed by atoms with van der Waals surface area (Å²) in [5.41, 5.74) is 0.925. The topological polar surface area (TPSA) is 37.8 Å². The molecule has 3 rings (SSSR count). The number of hydrogen-bond acceptors (Lipinski definition) is 2. The third kappa shape index (κ3) is 3.06. The number of halogens is 1. The van der Waals surface area contributed by atoms with Crippen molar-refractivity contribution in [2.75, 3.05) is 13.1 Å². The fourth-order valence-electron chi connectivity index (χ4n) is 2.81. The molecule has 106 valence electrons. The fourth-order valence-corrected chi connectivity index (χ4v) is 3.04. The average molecular weight is 293 g/mol. The zero-order valence-corrected chi connectivity index (χ0v) is 12.1. The Labute approximate surface area is 123 Å². The van der Waals surface area contributed by atoms with Crippen molar-refractivity contribution >= 4 is 11.6 Å². The molecule has 0 spiro atoms. The van der Waals surface area contributed by atoms with Crippen molar-refractivity contribution in [1.29, 1.82) is 0 Å². The number of likely N-dealkylation sites (tertiary alicyclic amines) is 1. The molecule has 0 bridgehead atoms. The van der Waals surface area contributed by atoms with Gasteiger partial charge in [-0.25, -0.2) is 0 Å². The summed E-state index contributed by atoms with van der Waals surface area (Å²) in [5.74, 6) is 1.76. The molecule has 1 unspecified atom stereocenters. The average Bonchev–Trinajstić information content (AvgIpc) is 2.87. The van der Waals surface area contributed by atoms with Gasteiger partial charge in [0.2, 0.25) is 0 Å². The van der Waals surface area contributed by atoms with E-state index in [4.69, 9.17) is 16.0 Å². The van der Waals surface area contributed by atoms with Crippen LogP contribution in [0.1, 0.15) is 18.6 Å². The van der Waals surface area contributed by atoms with Gasteiger partial charge < -0.3 is 14.4 Å². The summed E-state index contributed by atoms with van der Waals surface area (Å²) in [5, 5.41) is 10.4.